The van der Waals surface area contributed by atoms with Gasteiger partial charge in [0.15, 0.2) is 0 Å². The molecule has 7 nitrogen and oxygen atoms in total. The minimum atomic E-state index is -1.05. The Labute approximate surface area is 114 Å². The molecular weight excluding hydrogens is 260 g/mol. The predicted octanol–water partition coefficient (Wildman–Crippen LogP) is 1.22. The number of carbonyl (C=O) groups excluding carboxylic acids is 1. The van der Waals surface area contributed by atoms with Crippen molar-refractivity contribution in [3.8, 4) is 0 Å². The zero-order valence-electron chi connectivity index (χ0n) is 10.2. The van der Waals surface area contributed by atoms with Crippen LogP contribution in [0.5, 0.6) is 0 Å². The number of benzene rings is 1. The molecule has 0 saturated heterocycles. The number of anilines is 1. The van der Waals surface area contributed by atoms with E-state index >= 15 is 0 Å². The zero-order chi connectivity index (χ0) is 14.4. The molecule has 2 N–H and O–H groups in total. The first-order chi connectivity index (χ1) is 9.65. The van der Waals surface area contributed by atoms with Crippen LogP contribution in [0.3, 0.4) is 0 Å². The van der Waals surface area contributed by atoms with Crippen LogP contribution in [0.4, 0.5) is 5.95 Å². The van der Waals surface area contributed by atoms with Crippen LogP contribution in [0.1, 0.15) is 15.9 Å². The number of hydrogen-bond donors (Lipinski definition) is 2. The van der Waals surface area contributed by atoms with Crippen molar-refractivity contribution >= 4 is 23.9 Å². The Hall–Kier alpha value is -3.09. The lowest BCUT2D eigenvalue weighted by atomic mass is 10.1. The second-order valence-electron chi connectivity index (χ2n) is 3.72. The van der Waals surface area contributed by atoms with E-state index in [9.17, 15) is 9.59 Å². The molecule has 0 fully saturated rings. The molecule has 1 heterocycles. The summed E-state index contributed by atoms with van der Waals surface area (Å²) in [5.41, 5.74) is 0.970. The van der Waals surface area contributed by atoms with Crippen LogP contribution in [0.2, 0.25) is 0 Å². The monoisotopic (exact) mass is 270 g/mol. The van der Waals surface area contributed by atoms with Crippen molar-refractivity contribution in [2.24, 2.45) is 0 Å². The molecule has 20 heavy (non-hydrogen) atoms. The summed E-state index contributed by atoms with van der Waals surface area (Å²) in [6.45, 7) is 0. The van der Waals surface area contributed by atoms with Crippen molar-refractivity contribution in [2.75, 3.05) is 5.32 Å². The standard InChI is InChI=1S/C13H10N4O3/c18-11(19)5-4-9-2-1-3-10(8-9)12(20)16-13-14-6-7-15-17-13/h1-8H,(H,18,19)(H,14,16,17,20)/b5-4+. The number of carbonyl (C=O) groups is 2. The number of carboxylic acid groups (broad SMARTS) is 1. The van der Waals surface area contributed by atoms with E-state index in [2.05, 4.69) is 20.5 Å². The second-order valence-corrected chi connectivity index (χ2v) is 3.72. The molecule has 2 rings (SSSR count). The molecule has 2 aromatic rings. The minimum Gasteiger partial charge on any atom is -0.478 e. The van der Waals surface area contributed by atoms with Gasteiger partial charge in [0.05, 0.1) is 12.4 Å². The average Bonchev–Trinajstić information content (AvgIpc) is 2.46. The molecule has 100 valence electrons. The maximum atomic E-state index is 11.9. The number of aliphatic carboxylic acids is 1. The number of rotatable bonds is 4. The molecule has 1 amide bonds. The highest BCUT2D eigenvalue weighted by Gasteiger charge is 2.07. The summed E-state index contributed by atoms with van der Waals surface area (Å²) in [5.74, 6) is -1.35. The van der Waals surface area contributed by atoms with E-state index in [0.717, 1.165) is 6.08 Å². The van der Waals surface area contributed by atoms with Crippen molar-refractivity contribution < 1.29 is 14.7 Å². The van der Waals surface area contributed by atoms with E-state index in [1.54, 1.807) is 24.3 Å². The third kappa shape index (κ3) is 3.70. The normalized spacial score (nSPS) is 10.4. The minimum absolute atomic E-state index is 0.101. The van der Waals surface area contributed by atoms with Crippen LogP contribution in [-0.4, -0.2) is 32.2 Å². The van der Waals surface area contributed by atoms with Gasteiger partial charge in [-0.2, -0.15) is 5.10 Å². The third-order valence-corrected chi connectivity index (χ3v) is 2.28. The number of hydrogen-bond acceptors (Lipinski definition) is 5. The molecule has 1 aromatic heterocycles. The van der Waals surface area contributed by atoms with Crippen LogP contribution < -0.4 is 5.32 Å². The Balaban J connectivity index is 2.14. The molecule has 7 heteroatoms. The van der Waals surface area contributed by atoms with Crippen molar-refractivity contribution in [1.29, 1.82) is 0 Å². The quantitative estimate of drug-likeness (QED) is 0.809. The van der Waals surface area contributed by atoms with Gasteiger partial charge < -0.3 is 5.11 Å². The fraction of sp³-hybridized carbons (Fsp3) is 0. The molecule has 0 bridgehead atoms. The van der Waals surface area contributed by atoms with Gasteiger partial charge >= 0.3 is 5.97 Å². The van der Waals surface area contributed by atoms with Crippen molar-refractivity contribution in [2.45, 2.75) is 0 Å². The molecule has 0 atom stereocenters. The fourth-order valence-electron chi connectivity index (χ4n) is 1.43. The lowest BCUT2D eigenvalue weighted by molar-refractivity contribution is -0.131. The summed E-state index contributed by atoms with van der Waals surface area (Å²) in [6, 6.07) is 6.51. The Bertz CT molecular complexity index is 656. The Kier molecular flexibility index (Phi) is 4.13. The van der Waals surface area contributed by atoms with Crippen molar-refractivity contribution in [3.05, 3.63) is 53.9 Å². The molecule has 0 unspecified atom stereocenters. The number of amides is 1. The summed E-state index contributed by atoms with van der Waals surface area (Å²) in [5, 5.41) is 18.3. The van der Waals surface area contributed by atoms with Crippen molar-refractivity contribution in [3.63, 3.8) is 0 Å². The highest BCUT2D eigenvalue weighted by molar-refractivity contribution is 6.03. The van der Waals surface area contributed by atoms with Gasteiger partial charge in [0.25, 0.3) is 5.91 Å². The van der Waals surface area contributed by atoms with E-state index in [4.69, 9.17) is 5.11 Å². The molecule has 1 aromatic carbocycles. The van der Waals surface area contributed by atoms with Gasteiger partial charge in [-0.1, -0.05) is 12.1 Å². The van der Waals surface area contributed by atoms with Gasteiger partial charge in [-0.05, 0) is 23.8 Å². The molecule has 0 spiro atoms. The van der Waals surface area contributed by atoms with Gasteiger partial charge in [-0.3, -0.25) is 10.1 Å². The average molecular weight is 270 g/mol. The van der Waals surface area contributed by atoms with Crippen LogP contribution in [0.15, 0.2) is 42.7 Å². The third-order valence-electron chi connectivity index (χ3n) is 2.28. The van der Waals surface area contributed by atoms with E-state index in [-0.39, 0.29) is 5.95 Å². The summed E-state index contributed by atoms with van der Waals surface area (Å²) >= 11 is 0. The maximum Gasteiger partial charge on any atom is 0.328 e. The Morgan fingerprint density at radius 2 is 2.10 bits per heavy atom. The maximum absolute atomic E-state index is 11.9. The topological polar surface area (TPSA) is 105 Å². The van der Waals surface area contributed by atoms with Gasteiger partial charge in [-0.25, -0.2) is 9.78 Å². The first-order valence-corrected chi connectivity index (χ1v) is 5.61. The lowest BCUT2D eigenvalue weighted by Gasteiger charge is -2.03. The van der Waals surface area contributed by atoms with E-state index < -0.39 is 11.9 Å². The van der Waals surface area contributed by atoms with Gasteiger partial charge in [0.1, 0.15) is 0 Å². The number of aromatic nitrogens is 3. The van der Waals surface area contributed by atoms with Crippen LogP contribution in [-0.2, 0) is 4.79 Å². The first-order valence-electron chi connectivity index (χ1n) is 5.61. The molecule has 0 aliphatic rings. The summed E-state index contributed by atoms with van der Waals surface area (Å²) in [4.78, 5) is 26.2. The fourth-order valence-corrected chi connectivity index (χ4v) is 1.43. The summed E-state index contributed by atoms with van der Waals surface area (Å²) in [7, 11) is 0. The van der Waals surface area contributed by atoms with E-state index in [0.29, 0.717) is 11.1 Å². The number of nitrogens with zero attached hydrogens (tertiary/aromatic N) is 3. The van der Waals surface area contributed by atoms with Crippen LogP contribution >= 0.6 is 0 Å². The zero-order valence-corrected chi connectivity index (χ0v) is 10.2. The van der Waals surface area contributed by atoms with Crippen molar-refractivity contribution in [1.82, 2.24) is 15.2 Å². The number of carboxylic acids is 1. The highest BCUT2D eigenvalue weighted by Crippen LogP contribution is 2.09. The molecule has 0 saturated carbocycles. The largest absolute Gasteiger partial charge is 0.478 e. The van der Waals surface area contributed by atoms with Crippen LogP contribution in [0, 0.1) is 0 Å². The van der Waals surface area contributed by atoms with Gasteiger partial charge in [0.2, 0.25) is 5.95 Å². The number of nitrogens with one attached hydrogen (secondary N) is 1. The molecular formula is C13H10N4O3. The summed E-state index contributed by atoms with van der Waals surface area (Å²) in [6.07, 6.45) is 5.21. The molecule has 0 radical (unpaired) electrons. The van der Waals surface area contributed by atoms with E-state index in [1.807, 2.05) is 0 Å². The highest BCUT2D eigenvalue weighted by atomic mass is 16.4. The SMILES string of the molecule is O=C(O)/C=C/c1cccc(C(=O)Nc2nccnn2)c1. The molecule has 0 aliphatic heterocycles. The van der Waals surface area contributed by atoms with E-state index in [1.165, 1.54) is 18.5 Å². The Morgan fingerprint density at radius 3 is 2.80 bits per heavy atom. The second kappa shape index (κ2) is 6.19. The smallest absolute Gasteiger partial charge is 0.328 e. The van der Waals surface area contributed by atoms with Gasteiger partial charge in [-0.15, -0.1) is 5.10 Å². The molecule has 0 aliphatic carbocycles. The Morgan fingerprint density at radius 1 is 1.25 bits per heavy atom. The van der Waals surface area contributed by atoms with Crippen LogP contribution in [0.25, 0.3) is 6.08 Å². The first kappa shape index (κ1) is 13.3. The van der Waals surface area contributed by atoms with Gasteiger partial charge in [0, 0.05) is 11.6 Å². The summed E-state index contributed by atoms with van der Waals surface area (Å²) < 4.78 is 0. The lowest BCUT2D eigenvalue weighted by Crippen LogP contribution is -2.14. The predicted molar refractivity (Wildman–Crippen MR) is 70.9 cm³/mol.